The van der Waals surface area contributed by atoms with Crippen molar-refractivity contribution in [3.63, 3.8) is 0 Å². The molecule has 2 nitrogen and oxygen atoms in total. The summed E-state index contributed by atoms with van der Waals surface area (Å²) in [5, 5.41) is 3.53. The van der Waals surface area contributed by atoms with Gasteiger partial charge in [-0.1, -0.05) is 55.4 Å². The second-order valence-electron chi connectivity index (χ2n) is 5.82. The first-order valence-corrected chi connectivity index (χ1v) is 8.25. The molecule has 1 fully saturated rings. The molecule has 0 spiro atoms. The molecule has 0 bridgehead atoms. The van der Waals surface area contributed by atoms with E-state index in [1.807, 2.05) is 19.9 Å². The Morgan fingerprint density at radius 3 is 2.95 bits per heavy atom. The van der Waals surface area contributed by atoms with Crippen LogP contribution in [0.3, 0.4) is 0 Å². The van der Waals surface area contributed by atoms with E-state index in [1.165, 1.54) is 11.1 Å². The van der Waals surface area contributed by atoms with Crippen LogP contribution >= 0.6 is 0 Å². The lowest BCUT2D eigenvalue weighted by molar-refractivity contribution is -0.115. The topological polar surface area (TPSA) is 29.1 Å². The van der Waals surface area contributed by atoms with Gasteiger partial charge in [0.1, 0.15) is 0 Å². The van der Waals surface area contributed by atoms with Gasteiger partial charge in [-0.05, 0) is 38.3 Å². The number of carbonyl (C=O) groups excluding carboxylic acids is 1. The molecule has 1 saturated heterocycles. The summed E-state index contributed by atoms with van der Waals surface area (Å²) < 4.78 is 0. The predicted molar refractivity (Wildman–Crippen MR) is 89.2 cm³/mol. The van der Waals surface area contributed by atoms with Gasteiger partial charge in [0, 0.05) is 18.4 Å². The van der Waals surface area contributed by atoms with E-state index in [0.29, 0.717) is 12.2 Å². The zero-order chi connectivity index (χ0) is 15.1. The first-order chi connectivity index (χ1) is 10.3. The first kappa shape index (κ1) is 16.0. The molecule has 1 heterocycles. The highest BCUT2D eigenvalue weighted by Crippen LogP contribution is 2.44. The van der Waals surface area contributed by atoms with Gasteiger partial charge in [-0.2, -0.15) is 0 Å². The van der Waals surface area contributed by atoms with Crippen LogP contribution in [-0.4, -0.2) is 18.9 Å². The van der Waals surface area contributed by atoms with Crippen LogP contribution in [0.2, 0.25) is 0 Å². The van der Waals surface area contributed by atoms with Gasteiger partial charge in [-0.3, -0.25) is 4.79 Å². The highest BCUT2D eigenvalue weighted by Gasteiger charge is 2.39. The number of carbonyl (C=O) groups is 1. The second kappa shape index (κ2) is 7.56. The Kier molecular flexibility index (Phi) is 5.75. The van der Waals surface area contributed by atoms with E-state index >= 15 is 0 Å². The quantitative estimate of drug-likeness (QED) is 0.827. The smallest absolute Gasteiger partial charge is 0.155 e. The number of piperidine rings is 1. The Hall–Kier alpha value is -1.41. The van der Waals surface area contributed by atoms with Gasteiger partial charge in [0.25, 0.3) is 0 Å². The van der Waals surface area contributed by atoms with E-state index in [2.05, 4.69) is 35.7 Å². The lowest BCUT2D eigenvalue weighted by atomic mass is 9.66. The van der Waals surface area contributed by atoms with Crippen molar-refractivity contribution in [3.8, 4) is 0 Å². The molecule has 0 aromatic rings. The summed E-state index contributed by atoms with van der Waals surface area (Å²) in [5.41, 5.74) is 2.98. The summed E-state index contributed by atoms with van der Waals surface area (Å²) >= 11 is 0. The third kappa shape index (κ3) is 3.82. The zero-order valence-corrected chi connectivity index (χ0v) is 13.3. The molecule has 3 rings (SSSR count). The molecule has 0 aromatic carbocycles. The van der Waals surface area contributed by atoms with Crippen LogP contribution in [0.25, 0.3) is 0 Å². The second-order valence-corrected chi connectivity index (χ2v) is 5.82. The maximum Gasteiger partial charge on any atom is 0.155 e. The number of rotatable bonds is 2. The molecule has 0 radical (unpaired) electrons. The molecular weight excluding hydrogens is 258 g/mol. The van der Waals surface area contributed by atoms with Gasteiger partial charge in [0.05, 0.1) is 0 Å². The molecule has 0 amide bonds. The van der Waals surface area contributed by atoms with E-state index in [-0.39, 0.29) is 5.41 Å². The van der Waals surface area contributed by atoms with Crippen molar-refractivity contribution < 1.29 is 4.79 Å². The van der Waals surface area contributed by atoms with E-state index < -0.39 is 0 Å². The van der Waals surface area contributed by atoms with Crippen molar-refractivity contribution in [1.82, 2.24) is 5.32 Å². The van der Waals surface area contributed by atoms with Crippen LogP contribution in [-0.2, 0) is 4.79 Å². The Morgan fingerprint density at radius 1 is 1.24 bits per heavy atom. The van der Waals surface area contributed by atoms with Gasteiger partial charge >= 0.3 is 0 Å². The normalized spacial score (nSPS) is 27.8. The first-order valence-electron chi connectivity index (χ1n) is 8.25. The summed E-state index contributed by atoms with van der Waals surface area (Å²) in [6.45, 7) is 6.03. The maximum atomic E-state index is 11.7. The largest absolute Gasteiger partial charge is 0.316 e. The summed E-state index contributed by atoms with van der Waals surface area (Å²) in [6.07, 6.45) is 17.7. The van der Waals surface area contributed by atoms with E-state index in [9.17, 15) is 4.79 Å². The highest BCUT2D eigenvalue weighted by molar-refractivity contribution is 5.91. The van der Waals surface area contributed by atoms with E-state index in [0.717, 1.165) is 38.8 Å². The average Bonchev–Trinajstić information content (AvgIpc) is 2.78. The molecule has 3 aliphatic rings. The standard InChI is InChI=1S/C17H21NO.C2H6/c19-16-7-9-17(13-18-10-8-15(17)11-16)12-14-5-3-1-2-4-6-14;1-2/h1-3,5-6,11,18H,4,7-10,12-13H2;1-2H3. The third-order valence-corrected chi connectivity index (χ3v) is 4.52. The van der Waals surface area contributed by atoms with Crippen molar-refractivity contribution in [2.45, 2.75) is 46.0 Å². The van der Waals surface area contributed by atoms with Crippen LogP contribution in [0.4, 0.5) is 0 Å². The number of fused-ring (bicyclic) bond motifs is 1. The van der Waals surface area contributed by atoms with Gasteiger partial charge in [0.15, 0.2) is 5.78 Å². The molecule has 1 atom stereocenters. The molecule has 2 heteroatoms. The minimum absolute atomic E-state index is 0.187. The fraction of sp³-hybridized carbons (Fsp3) is 0.526. The van der Waals surface area contributed by atoms with Crippen molar-refractivity contribution in [3.05, 3.63) is 47.6 Å². The third-order valence-electron chi connectivity index (χ3n) is 4.52. The van der Waals surface area contributed by atoms with Crippen LogP contribution < -0.4 is 5.32 Å². The molecule has 21 heavy (non-hydrogen) atoms. The van der Waals surface area contributed by atoms with Crippen molar-refractivity contribution in [2.75, 3.05) is 13.1 Å². The van der Waals surface area contributed by atoms with Gasteiger partial charge in [-0.25, -0.2) is 0 Å². The molecule has 2 aliphatic carbocycles. The fourth-order valence-electron chi connectivity index (χ4n) is 3.44. The summed E-state index contributed by atoms with van der Waals surface area (Å²) in [6, 6.07) is 0. The SMILES string of the molecule is CC.O=C1C=C2CCNCC2(CC2=CCC=CC=C2)CC1. The van der Waals surface area contributed by atoms with Gasteiger partial charge in [-0.15, -0.1) is 0 Å². The van der Waals surface area contributed by atoms with Crippen LogP contribution in [0.1, 0.15) is 46.0 Å². The van der Waals surface area contributed by atoms with Crippen LogP contribution in [0.15, 0.2) is 47.6 Å². The molecule has 1 aliphatic heterocycles. The fourth-order valence-corrected chi connectivity index (χ4v) is 3.44. The van der Waals surface area contributed by atoms with Crippen LogP contribution in [0, 0.1) is 5.41 Å². The van der Waals surface area contributed by atoms with Gasteiger partial charge < -0.3 is 5.32 Å². The summed E-state index contributed by atoms with van der Waals surface area (Å²) in [4.78, 5) is 11.7. The zero-order valence-electron chi connectivity index (χ0n) is 13.3. The minimum Gasteiger partial charge on any atom is -0.316 e. The highest BCUT2D eigenvalue weighted by atomic mass is 16.1. The Balaban J connectivity index is 0.000000774. The van der Waals surface area contributed by atoms with E-state index in [4.69, 9.17) is 0 Å². The number of ketones is 1. The van der Waals surface area contributed by atoms with Crippen molar-refractivity contribution in [1.29, 1.82) is 0 Å². The Morgan fingerprint density at radius 2 is 2.10 bits per heavy atom. The molecule has 0 saturated carbocycles. The Bertz CT molecular complexity index is 496. The number of hydrogen-bond donors (Lipinski definition) is 1. The van der Waals surface area contributed by atoms with E-state index in [1.54, 1.807) is 0 Å². The minimum atomic E-state index is 0.187. The number of hydrogen-bond acceptors (Lipinski definition) is 2. The molecule has 114 valence electrons. The molecule has 1 N–H and O–H groups in total. The van der Waals surface area contributed by atoms with Crippen LogP contribution in [0.5, 0.6) is 0 Å². The number of nitrogens with one attached hydrogen (secondary N) is 1. The van der Waals surface area contributed by atoms with Crippen molar-refractivity contribution in [2.24, 2.45) is 5.41 Å². The van der Waals surface area contributed by atoms with Crippen molar-refractivity contribution >= 4 is 5.78 Å². The lowest BCUT2D eigenvalue weighted by Gasteiger charge is -2.42. The molecular formula is C19H27NO. The number of allylic oxidation sites excluding steroid dienone is 7. The molecule has 0 aromatic heterocycles. The molecule has 1 unspecified atom stereocenters. The Labute approximate surface area is 128 Å². The monoisotopic (exact) mass is 285 g/mol. The van der Waals surface area contributed by atoms with Gasteiger partial charge in [0.2, 0.25) is 0 Å². The summed E-state index contributed by atoms with van der Waals surface area (Å²) in [5.74, 6) is 0.319. The lowest BCUT2D eigenvalue weighted by Crippen LogP contribution is -2.44. The summed E-state index contributed by atoms with van der Waals surface area (Å²) in [7, 11) is 0. The average molecular weight is 285 g/mol. The maximum absolute atomic E-state index is 11.7. The predicted octanol–water partition coefficient (Wildman–Crippen LogP) is 4.11.